The topological polar surface area (TPSA) is 94.3 Å². The van der Waals surface area contributed by atoms with Gasteiger partial charge < -0.3 is 16.0 Å². The van der Waals surface area contributed by atoms with E-state index in [2.05, 4.69) is 26.8 Å². The van der Waals surface area contributed by atoms with Crippen molar-refractivity contribution in [1.29, 1.82) is 0 Å². The van der Waals surface area contributed by atoms with E-state index in [4.69, 9.17) is 12.2 Å². The molecule has 7 nitrogen and oxygen atoms in total. The average molecular weight is 414 g/mol. The van der Waals surface area contributed by atoms with Crippen LogP contribution in [0.4, 0.5) is 10.5 Å². The minimum atomic E-state index is -0.313. The predicted octanol–water partition coefficient (Wildman–Crippen LogP) is 3.14. The van der Waals surface area contributed by atoms with E-state index < -0.39 is 0 Å². The summed E-state index contributed by atoms with van der Waals surface area (Å²) in [6.07, 6.45) is 0. The van der Waals surface area contributed by atoms with Crippen LogP contribution in [0.5, 0.6) is 0 Å². The second-order valence-corrected chi connectivity index (χ2v) is 7.37. The van der Waals surface area contributed by atoms with Crippen LogP contribution in [-0.2, 0) is 6.54 Å². The molecular weight excluding hydrogens is 386 g/mol. The first kappa shape index (κ1) is 22.2. The molecule has 8 heteroatoms. The molecule has 154 valence electrons. The molecule has 0 aliphatic rings. The van der Waals surface area contributed by atoms with Gasteiger partial charge in [-0.2, -0.15) is 0 Å². The number of anilines is 1. The first-order valence-corrected chi connectivity index (χ1v) is 9.74. The zero-order valence-corrected chi connectivity index (χ0v) is 17.9. The van der Waals surface area contributed by atoms with Gasteiger partial charge in [-0.3, -0.25) is 15.6 Å². The van der Waals surface area contributed by atoms with Crippen molar-refractivity contribution in [3.63, 3.8) is 0 Å². The minimum Gasteiger partial charge on any atom is -0.336 e. The molecule has 0 spiro atoms. The number of thiocarbonyl (C=S) groups is 1. The summed E-state index contributed by atoms with van der Waals surface area (Å²) in [4.78, 5) is 23.9. The molecule has 2 aromatic rings. The van der Waals surface area contributed by atoms with Crippen molar-refractivity contribution in [2.75, 3.05) is 5.32 Å². The molecule has 29 heavy (non-hydrogen) atoms. The van der Waals surface area contributed by atoms with Crippen molar-refractivity contribution in [3.05, 3.63) is 64.7 Å². The Hall–Kier alpha value is -3.13. The SMILES string of the molecule is Cc1cccc(NC(=S)NNC(=O)c2ccc(CNC(=O)NC(C)C)cc2)c1C. The maximum Gasteiger partial charge on any atom is 0.315 e. The van der Waals surface area contributed by atoms with Gasteiger partial charge in [-0.25, -0.2) is 4.79 Å². The third-order valence-corrected chi connectivity index (χ3v) is 4.44. The van der Waals surface area contributed by atoms with Gasteiger partial charge in [-0.05, 0) is 74.8 Å². The molecule has 0 fully saturated rings. The molecule has 0 unspecified atom stereocenters. The number of nitrogens with one attached hydrogen (secondary N) is 5. The van der Waals surface area contributed by atoms with Crippen molar-refractivity contribution in [1.82, 2.24) is 21.5 Å². The van der Waals surface area contributed by atoms with Gasteiger partial charge in [0.25, 0.3) is 5.91 Å². The fraction of sp³-hybridized carbons (Fsp3) is 0.286. The molecule has 0 saturated carbocycles. The van der Waals surface area contributed by atoms with E-state index in [1.54, 1.807) is 24.3 Å². The molecule has 0 aliphatic carbocycles. The van der Waals surface area contributed by atoms with E-state index in [1.807, 2.05) is 45.9 Å². The van der Waals surface area contributed by atoms with Crippen LogP contribution in [0.3, 0.4) is 0 Å². The maximum absolute atomic E-state index is 12.3. The van der Waals surface area contributed by atoms with E-state index in [-0.39, 0.29) is 18.0 Å². The summed E-state index contributed by atoms with van der Waals surface area (Å²) in [7, 11) is 0. The van der Waals surface area contributed by atoms with Crippen LogP contribution in [0.15, 0.2) is 42.5 Å². The Bertz CT molecular complexity index is 881. The van der Waals surface area contributed by atoms with Gasteiger partial charge in [0.2, 0.25) is 0 Å². The number of carbonyl (C=O) groups excluding carboxylic acids is 2. The summed E-state index contributed by atoms with van der Waals surface area (Å²) < 4.78 is 0. The Morgan fingerprint density at radius 1 is 1.00 bits per heavy atom. The summed E-state index contributed by atoms with van der Waals surface area (Å²) in [5.74, 6) is -0.313. The molecule has 0 aromatic heterocycles. The van der Waals surface area contributed by atoms with Crippen molar-refractivity contribution in [3.8, 4) is 0 Å². The molecule has 0 atom stereocenters. The van der Waals surface area contributed by atoms with E-state index in [9.17, 15) is 9.59 Å². The number of hydrazine groups is 1. The van der Waals surface area contributed by atoms with Crippen molar-refractivity contribution in [2.45, 2.75) is 40.3 Å². The Balaban J connectivity index is 1.82. The highest BCUT2D eigenvalue weighted by atomic mass is 32.1. The molecule has 0 heterocycles. The highest BCUT2D eigenvalue weighted by molar-refractivity contribution is 7.80. The zero-order valence-electron chi connectivity index (χ0n) is 17.1. The average Bonchev–Trinajstić information content (AvgIpc) is 2.68. The van der Waals surface area contributed by atoms with Gasteiger partial charge >= 0.3 is 6.03 Å². The van der Waals surface area contributed by atoms with Gasteiger partial charge in [0.05, 0.1) is 0 Å². The van der Waals surface area contributed by atoms with Crippen LogP contribution >= 0.6 is 12.2 Å². The summed E-state index contributed by atoms with van der Waals surface area (Å²) in [6.45, 7) is 8.19. The van der Waals surface area contributed by atoms with E-state index in [0.717, 1.165) is 22.4 Å². The van der Waals surface area contributed by atoms with Gasteiger partial charge in [-0.1, -0.05) is 24.3 Å². The quantitative estimate of drug-likeness (QED) is 0.384. The van der Waals surface area contributed by atoms with Crippen LogP contribution in [0.2, 0.25) is 0 Å². The van der Waals surface area contributed by atoms with Gasteiger partial charge in [0.1, 0.15) is 0 Å². The highest BCUT2D eigenvalue weighted by Gasteiger charge is 2.08. The van der Waals surface area contributed by atoms with Crippen molar-refractivity contribution < 1.29 is 9.59 Å². The number of carbonyl (C=O) groups is 2. The number of aryl methyl sites for hydroxylation is 1. The second-order valence-electron chi connectivity index (χ2n) is 6.96. The number of hydrogen-bond acceptors (Lipinski definition) is 3. The van der Waals surface area contributed by atoms with Crippen LogP contribution in [0.25, 0.3) is 0 Å². The molecule has 0 saturated heterocycles. The number of urea groups is 1. The highest BCUT2D eigenvalue weighted by Crippen LogP contribution is 2.17. The Labute approximate surface area is 176 Å². The smallest absolute Gasteiger partial charge is 0.315 e. The van der Waals surface area contributed by atoms with Crippen LogP contribution < -0.4 is 26.8 Å². The first-order chi connectivity index (χ1) is 13.8. The number of rotatable bonds is 5. The molecule has 2 aromatic carbocycles. The normalized spacial score (nSPS) is 10.2. The number of benzene rings is 2. The lowest BCUT2D eigenvalue weighted by Gasteiger charge is -2.14. The zero-order chi connectivity index (χ0) is 21.4. The second kappa shape index (κ2) is 10.4. The van der Waals surface area contributed by atoms with Crippen LogP contribution in [0.1, 0.15) is 40.9 Å². The molecule has 5 N–H and O–H groups in total. The van der Waals surface area contributed by atoms with E-state index in [0.29, 0.717) is 17.2 Å². The fourth-order valence-corrected chi connectivity index (χ4v) is 2.66. The number of amides is 3. The maximum atomic E-state index is 12.3. The molecule has 0 bridgehead atoms. The largest absolute Gasteiger partial charge is 0.336 e. The lowest BCUT2D eigenvalue weighted by Crippen LogP contribution is -2.43. The molecule has 2 rings (SSSR count). The van der Waals surface area contributed by atoms with Crippen molar-refractivity contribution in [2.24, 2.45) is 0 Å². The van der Waals surface area contributed by atoms with Crippen molar-refractivity contribution >= 4 is 35.0 Å². The molecular formula is C21H27N5O2S. The third-order valence-electron chi connectivity index (χ3n) is 4.23. The summed E-state index contributed by atoms with van der Waals surface area (Å²) in [6, 6.07) is 12.7. The Morgan fingerprint density at radius 3 is 2.34 bits per heavy atom. The van der Waals surface area contributed by atoms with E-state index >= 15 is 0 Å². The first-order valence-electron chi connectivity index (χ1n) is 9.33. The fourth-order valence-electron chi connectivity index (χ4n) is 2.50. The standard InChI is InChI=1S/C21H27N5O2S/c1-13(2)23-20(28)22-12-16-8-10-17(11-9-16)19(27)25-26-21(29)24-18-7-5-6-14(3)15(18)4/h5-11,13H,12H2,1-4H3,(H,25,27)(H2,22,23,28)(H2,24,26,29). The monoisotopic (exact) mass is 413 g/mol. The summed E-state index contributed by atoms with van der Waals surface area (Å²) in [5, 5.41) is 8.88. The third kappa shape index (κ3) is 7.08. The van der Waals surface area contributed by atoms with Crippen LogP contribution in [0, 0.1) is 13.8 Å². The summed E-state index contributed by atoms with van der Waals surface area (Å²) >= 11 is 5.23. The van der Waals surface area contributed by atoms with E-state index in [1.165, 1.54) is 0 Å². The lowest BCUT2D eigenvalue weighted by molar-refractivity contribution is 0.0944. The van der Waals surface area contributed by atoms with Gasteiger partial charge in [0, 0.05) is 23.8 Å². The molecule has 3 amide bonds. The molecule has 0 radical (unpaired) electrons. The number of hydrogen-bond donors (Lipinski definition) is 5. The Kier molecular flexibility index (Phi) is 7.97. The lowest BCUT2D eigenvalue weighted by atomic mass is 10.1. The Morgan fingerprint density at radius 2 is 1.69 bits per heavy atom. The van der Waals surface area contributed by atoms with Crippen LogP contribution in [-0.4, -0.2) is 23.1 Å². The minimum absolute atomic E-state index is 0.0731. The predicted molar refractivity (Wildman–Crippen MR) is 120 cm³/mol. The van der Waals surface area contributed by atoms with Gasteiger partial charge in [0.15, 0.2) is 5.11 Å². The summed E-state index contributed by atoms with van der Waals surface area (Å²) in [5.41, 5.74) is 9.77. The van der Waals surface area contributed by atoms with Gasteiger partial charge in [-0.15, -0.1) is 0 Å². The molecule has 0 aliphatic heterocycles.